The van der Waals surface area contributed by atoms with Crippen molar-refractivity contribution in [2.24, 2.45) is 0 Å². The van der Waals surface area contributed by atoms with Crippen molar-refractivity contribution in [1.29, 1.82) is 0 Å². The molecular formula is C22H19N3O4. The van der Waals surface area contributed by atoms with Gasteiger partial charge in [0.25, 0.3) is 5.91 Å². The van der Waals surface area contributed by atoms with Gasteiger partial charge < -0.3 is 14.1 Å². The normalized spacial score (nSPS) is 13.4. The number of aromatic nitrogens is 2. The predicted octanol–water partition coefficient (Wildman–Crippen LogP) is 3.57. The van der Waals surface area contributed by atoms with Gasteiger partial charge in [0.15, 0.2) is 6.61 Å². The van der Waals surface area contributed by atoms with Crippen LogP contribution in [0.25, 0.3) is 22.0 Å². The van der Waals surface area contributed by atoms with Gasteiger partial charge in [0.2, 0.25) is 5.95 Å². The number of nitrogens with one attached hydrogen (secondary N) is 2. The second-order valence-corrected chi connectivity index (χ2v) is 7.15. The van der Waals surface area contributed by atoms with E-state index in [-0.39, 0.29) is 18.1 Å². The van der Waals surface area contributed by atoms with E-state index in [1.165, 1.54) is 0 Å². The Labute approximate surface area is 165 Å². The lowest BCUT2D eigenvalue weighted by Gasteiger charge is -2.16. The second-order valence-electron chi connectivity index (χ2n) is 7.15. The zero-order valence-corrected chi connectivity index (χ0v) is 15.7. The third-order valence-electron chi connectivity index (χ3n) is 5.21. The van der Waals surface area contributed by atoms with Crippen molar-refractivity contribution in [3.63, 3.8) is 0 Å². The highest BCUT2D eigenvalue weighted by molar-refractivity contribution is 5.92. The second kappa shape index (κ2) is 7.09. The van der Waals surface area contributed by atoms with E-state index in [1.807, 2.05) is 30.3 Å². The zero-order valence-electron chi connectivity index (χ0n) is 15.7. The van der Waals surface area contributed by atoms with Crippen LogP contribution in [0.1, 0.15) is 24.0 Å². The van der Waals surface area contributed by atoms with E-state index < -0.39 is 0 Å². The summed E-state index contributed by atoms with van der Waals surface area (Å²) >= 11 is 0. The number of imidazole rings is 1. The molecule has 2 heterocycles. The molecular weight excluding hydrogens is 370 g/mol. The number of nitrogens with zero attached hydrogens (tertiary/aromatic N) is 1. The minimum atomic E-state index is -0.337. The van der Waals surface area contributed by atoms with Gasteiger partial charge in [0.1, 0.15) is 11.3 Å². The minimum Gasteiger partial charge on any atom is -0.484 e. The van der Waals surface area contributed by atoms with Gasteiger partial charge in [-0.25, -0.2) is 9.78 Å². The van der Waals surface area contributed by atoms with Crippen LogP contribution in [0, 0.1) is 0 Å². The Hall–Kier alpha value is -3.61. The molecule has 0 atom stereocenters. The molecule has 2 aromatic heterocycles. The number of ether oxygens (including phenoxy) is 1. The molecule has 0 bridgehead atoms. The van der Waals surface area contributed by atoms with Gasteiger partial charge in [-0.1, -0.05) is 12.1 Å². The van der Waals surface area contributed by atoms with Gasteiger partial charge in [-0.3, -0.25) is 10.1 Å². The molecule has 0 saturated carbocycles. The van der Waals surface area contributed by atoms with Gasteiger partial charge in [-0.15, -0.1) is 0 Å². The minimum absolute atomic E-state index is 0.183. The smallest absolute Gasteiger partial charge is 0.339 e. The van der Waals surface area contributed by atoms with Gasteiger partial charge in [0, 0.05) is 17.0 Å². The molecule has 2 aromatic carbocycles. The highest BCUT2D eigenvalue weighted by Gasteiger charge is 2.18. The molecule has 0 spiro atoms. The fourth-order valence-corrected chi connectivity index (χ4v) is 3.84. The van der Waals surface area contributed by atoms with E-state index in [4.69, 9.17) is 9.15 Å². The Morgan fingerprint density at radius 2 is 1.97 bits per heavy atom. The van der Waals surface area contributed by atoms with E-state index in [0.717, 1.165) is 53.2 Å². The number of carbonyl (C=O) groups is 1. The number of hydrogen-bond donors (Lipinski definition) is 2. The Morgan fingerprint density at radius 1 is 1.14 bits per heavy atom. The summed E-state index contributed by atoms with van der Waals surface area (Å²) in [5.74, 6) is 0.503. The molecule has 0 aliphatic heterocycles. The topological polar surface area (TPSA) is 97.2 Å². The quantitative estimate of drug-likeness (QED) is 0.520. The van der Waals surface area contributed by atoms with Crippen molar-refractivity contribution in [2.75, 3.05) is 11.9 Å². The molecule has 0 fully saturated rings. The van der Waals surface area contributed by atoms with E-state index in [1.54, 1.807) is 12.1 Å². The van der Waals surface area contributed by atoms with Crippen LogP contribution in [0.3, 0.4) is 0 Å². The van der Waals surface area contributed by atoms with Crippen molar-refractivity contribution >= 4 is 33.9 Å². The molecule has 5 rings (SSSR count). The molecule has 146 valence electrons. The first-order chi connectivity index (χ1) is 14.2. The first kappa shape index (κ1) is 17.5. The van der Waals surface area contributed by atoms with E-state index in [9.17, 15) is 9.59 Å². The molecule has 29 heavy (non-hydrogen) atoms. The van der Waals surface area contributed by atoms with Crippen LogP contribution in [-0.4, -0.2) is 22.5 Å². The first-order valence-electron chi connectivity index (χ1n) is 9.63. The number of para-hydroxylation sites is 2. The average Bonchev–Trinajstić information content (AvgIpc) is 3.14. The van der Waals surface area contributed by atoms with E-state index >= 15 is 0 Å². The summed E-state index contributed by atoms with van der Waals surface area (Å²) in [4.78, 5) is 31.8. The maximum Gasteiger partial charge on any atom is 0.339 e. The number of hydrogen-bond acceptors (Lipinski definition) is 5. The molecule has 0 saturated heterocycles. The molecule has 1 amide bonds. The van der Waals surface area contributed by atoms with Gasteiger partial charge in [-0.05, 0) is 55.5 Å². The van der Waals surface area contributed by atoms with Crippen LogP contribution < -0.4 is 15.7 Å². The van der Waals surface area contributed by atoms with E-state index in [0.29, 0.717) is 17.3 Å². The Bertz CT molecular complexity index is 1260. The maximum atomic E-state index is 12.3. The van der Waals surface area contributed by atoms with Crippen LogP contribution in [0.4, 0.5) is 5.95 Å². The number of rotatable bonds is 4. The van der Waals surface area contributed by atoms with Gasteiger partial charge >= 0.3 is 5.63 Å². The standard InChI is InChI=1S/C22H19N3O4/c26-20(25-22-23-17-7-3-4-8-18(17)24-22)12-28-13-9-10-15-14-5-1-2-6-16(14)21(27)29-19(15)11-13/h3-4,7-11H,1-2,5-6,12H2,(H2,23,24,25,26). The Balaban J connectivity index is 1.31. The van der Waals surface area contributed by atoms with Crippen molar-refractivity contribution in [2.45, 2.75) is 25.7 Å². The Kier molecular flexibility index (Phi) is 4.27. The molecule has 0 unspecified atom stereocenters. The summed E-state index contributed by atoms with van der Waals surface area (Å²) in [6.07, 6.45) is 3.75. The molecule has 7 nitrogen and oxygen atoms in total. The number of amides is 1. The van der Waals surface area contributed by atoms with Crippen LogP contribution >= 0.6 is 0 Å². The maximum absolute atomic E-state index is 12.3. The number of benzene rings is 2. The number of carbonyl (C=O) groups excluding carboxylic acids is 1. The fraction of sp³-hybridized carbons (Fsp3) is 0.227. The van der Waals surface area contributed by atoms with Gasteiger partial charge in [0.05, 0.1) is 11.0 Å². The molecule has 4 aromatic rings. The Morgan fingerprint density at radius 3 is 2.83 bits per heavy atom. The highest BCUT2D eigenvalue weighted by Crippen LogP contribution is 2.29. The van der Waals surface area contributed by atoms with Crippen LogP contribution in [0.15, 0.2) is 51.7 Å². The SMILES string of the molecule is O=C(COc1ccc2c3c(c(=O)oc2c1)CCCC3)Nc1nc2ccccc2[nH]1. The summed E-state index contributed by atoms with van der Waals surface area (Å²) in [6.45, 7) is -0.183. The lowest BCUT2D eigenvalue weighted by atomic mass is 9.91. The third-order valence-corrected chi connectivity index (χ3v) is 5.21. The highest BCUT2D eigenvalue weighted by atomic mass is 16.5. The lowest BCUT2D eigenvalue weighted by molar-refractivity contribution is -0.118. The number of anilines is 1. The zero-order chi connectivity index (χ0) is 19.8. The number of aryl methyl sites for hydroxylation is 1. The number of aromatic amines is 1. The van der Waals surface area contributed by atoms with Crippen LogP contribution in [-0.2, 0) is 17.6 Å². The van der Waals surface area contributed by atoms with Crippen molar-refractivity contribution in [1.82, 2.24) is 9.97 Å². The molecule has 1 aliphatic rings. The third kappa shape index (κ3) is 3.35. The molecule has 1 aliphatic carbocycles. The average molecular weight is 389 g/mol. The molecule has 0 radical (unpaired) electrons. The van der Waals surface area contributed by atoms with Crippen molar-refractivity contribution in [3.05, 3.63) is 64.0 Å². The summed E-state index contributed by atoms with van der Waals surface area (Å²) in [7, 11) is 0. The monoisotopic (exact) mass is 389 g/mol. The molecule has 2 N–H and O–H groups in total. The van der Waals surface area contributed by atoms with E-state index in [2.05, 4.69) is 15.3 Å². The summed E-state index contributed by atoms with van der Waals surface area (Å²) in [6, 6.07) is 12.9. The van der Waals surface area contributed by atoms with Gasteiger partial charge in [-0.2, -0.15) is 0 Å². The summed E-state index contributed by atoms with van der Waals surface area (Å²) < 4.78 is 11.1. The predicted molar refractivity (Wildman–Crippen MR) is 109 cm³/mol. The van der Waals surface area contributed by atoms with Crippen LogP contribution in [0.2, 0.25) is 0 Å². The lowest BCUT2D eigenvalue weighted by Crippen LogP contribution is -2.21. The molecule has 7 heteroatoms. The number of fused-ring (bicyclic) bond motifs is 4. The number of H-pyrrole nitrogens is 1. The summed E-state index contributed by atoms with van der Waals surface area (Å²) in [5, 5.41) is 3.63. The van der Waals surface area contributed by atoms with Crippen molar-refractivity contribution in [3.8, 4) is 5.75 Å². The fourth-order valence-electron chi connectivity index (χ4n) is 3.84. The van der Waals surface area contributed by atoms with Crippen LogP contribution in [0.5, 0.6) is 5.75 Å². The largest absolute Gasteiger partial charge is 0.484 e. The first-order valence-corrected chi connectivity index (χ1v) is 9.63. The summed E-state index contributed by atoms with van der Waals surface area (Å²) in [5.41, 5.74) is 3.71. The van der Waals surface area contributed by atoms with Crippen molar-refractivity contribution < 1.29 is 13.9 Å².